The van der Waals surface area contributed by atoms with Crippen LogP contribution >= 0.6 is 0 Å². The number of likely N-dealkylation sites (tertiary alicyclic amines) is 1. The number of sulfonamides is 2. The molecule has 1 saturated heterocycles. The summed E-state index contributed by atoms with van der Waals surface area (Å²) in [6, 6.07) is 2.21. The number of alkyl carbamates (subject to hydrolysis) is 1. The van der Waals surface area contributed by atoms with Crippen molar-refractivity contribution >= 4 is 49.5 Å². The molecule has 1 aromatic rings. The lowest BCUT2D eigenvalue weighted by Gasteiger charge is -2.32. The van der Waals surface area contributed by atoms with E-state index in [4.69, 9.17) is 10.5 Å². The molecule has 4 amide bonds. The molecule has 0 bridgehead atoms. The Labute approximate surface area is 291 Å². The van der Waals surface area contributed by atoms with Crippen molar-refractivity contribution in [2.45, 2.75) is 93.5 Å². The third kappa shape index (κ3) is 10.00. The van der Waals surface area contributed by atoms with Crippen LogP contribution in [0.15, 0.2) is 41.3 Å². The van der Waals surface area contributed by atoms with Crippen molar-refractivity contribution in [2.75, 3.05) is 19.6 Å². The van der Waals surface area contributed by atoms with Crippen LogP contribution < -0.4 is 15.8 Å². The Kier molecular flexibility index (Phi) is 11.9. The van der Waals surface area contributed by atoms with Gasteiger partial charge in [0.05, 0.1) is 10.2 Å². The summed E-state index contributed by atoms with van der Waals surface area (Å²) >= 11 is 0. The van der Waals surface area contributed by atoms with E-state index in [0.29, 0.717) is 32.1 Å². The highest BCUT2D eigenvalue weighted by atomic mass is 32.2. The van der Waals surface area contributed by atoms with Crippen molar-refractivity contribution < 1.29 is 45.7 Å². The molecule has 276 valence electrons. The molecule has 1 heterocycles. The van der Waals surface area contributed by atoms with Gasteiger partial charge in [0.2, 0.25) is 37.8 Å². The number of nitro groups is 1. The predicted molar refractivity (Wildman–Crippen MR) is 179 cm³/mol. The second-order valence-electron chi connectivity index (χ2n) is 13.7. The van der Waals surface area contributed by atoms with Gasteiger partial charge >= 0.3 is 6.09 Å². The summed E-state index contributed by atoms with van der Waals surface area (Å²) in [6.45, 7) is 4.02. The van der Waals surface area contributed by atoms with Crippen LogP contribution in [-0.2, 0) is 39.2 Å². The molecule has 0 aromatic heterocycles. The molecule has 1 aliphatic heterocycles. The minimum absolute atomic E-state index is 0.132. The second kappa shape index (κ2) is 15.4. The summed E-state index contributed by atoms with van der Waals surface area (Å²) in [7, 11) is -8.31. The van der Waals surface area contributed by atoms with Gasteiger partial charge in [-0.1, -0.05) is 24.3 Å². The predicted octanol–water partition coefficient (Wildman–Crippen LogP) is 1.54. The average molecular weight is 741 g/mol. The van der Waals surface area contributed by atoms with Gasteiger partial charge in [0.25, 0.3) is 5.69 Å². The van der Waals surface area contributed by atoms with Gasteiger partial charge in [-0.05, 0) is 77.7 Å². The summed E-state index contributed by atoms with van der Waals surface area (Å²) < 4.78 is 60.6. The van der Waals surface area contributed by atoms with E-state index in [-0.39, 0.29) is 31.8 Å². The Morgan fingerprint density at radius 3 is 2.44 bits per heavy atom. The fourth-order valence-corrected chi connectivity index (χ4v) is 8.71. The summed E-state index contributed by atoms with van der Waals surface area (Å²) in [5, 5.41) is 13.7. The topological polar surface area (TPSA) is 245 Å². The number of amides is 4. The van der Waals surface area contributed by atoms with E-state index in [0.717, 1.165) is 16.4 Å². The summed E-state index contributed by atoms with van der Waals surface area (Å²) in [5.41, 5.74) is 3.86. The van der Waals surface area contributed by atoms with E-state index in [1.807, 2.05) is 0 Å². The molecule has 2 aliphatic carbocycles. The Balaban J connectivity index is 1.54. The van der Waals surface area contributed by atoms with Crippen molar-refractivity contribution in [1.29, 1.82) is 0 Å². The van der Waals surface area contributed by atoms with E-state index in [2.05, 4.69) is 10.0 Å². The van der Waals surface area contributed by atoms with Crippen molar-refractivity contribution in [3.05, 3.63) is 46.5 Å². The second-order valence-corrected chi connectivity index (χ2v) is 17.5. The van der Waals surface area contributed by atoms with Crippen LogP contribution in [0.4, 0.5) is 10.5 Å². The normalized spacial score (nSPS) is 21.5. The Morgan fingerprint density at radius 2 is 1.82 bits per heavy atom. The van der Waals surface area contributed by atoms with Crippen molar-refractivity contribution in [3.63, 3.8) is 0 Å². The molecule has 1 unspecified atom stereocenters. The zero-order valence-corrected chi connectivity index (χ0v) is 29.8. The lowest BCUT2D eigenvalue weighted by Crippen LogP contribution is -2.57. The number of rotatable bonds is 16. The number of carbonyl (C=O) groups is 4. The van der Waals surface area contributed by atoms with Gasteiger partial charge in [-0.25, -0.2) is 21.6 Å². The van der Waals surface area contributed by atoms with Gasteiger partial charge in [-0.2, -0.15) is 4.31 Å². The smallest absolute Gasteiger partial charge is 0.408 e. The van der Waals surface area contributed by atoms with Crippen LogP contribution in [0.3, 0.4) is 0 Å². The first-order valence-corrected chi connectivity index (χ1v) is 19.4. The van der Waals surface area contributed by atoms with Gasteiger partial charge in [-0.3, -0.25) is 29.2 Å². The zero-order chi connectivity index (χ0) is 37.0. The fraction of sp³-hybridized carbons (Fsp3) is 0.613. The highest BCUT2D eigenvalue weighted by Crippen LogP contribution is 2.40. The monoisotopic (exact) mass is 740 g/mol. The van der Waals surface area contributed by atoms with Crippen molar-refractivity contribution in [1.82, 2.24) is 19.2 Å². The highest BCUT2D eigenvalue weighted by Gasteiger charge is 2.45. The molecule has 4 rings (SSSR count). The molecule has 1 aromatic carbocycles. The third-order valence-corrected chi connectivity index (χ3v) is 12.2. The molecule has 2 saturated carbocycles. The number of nitrogens with zero attached hydrogens (tertiary/aromatic N) is 3. The summed E-state index contributed by atoms with van der Waals surface area (Å²) in [5.74, 6) is -2.77. The zero-order valence-electron chi connectivity index (χ0n) is 28.1. The molecule has 3 fully saturated rings. The van der Waals surface area contributed by atoms with Gasteiger partial charge in [0, 0.05) is 31.6 Å². The molecule has 17 nitrogen and oxygen atoms in total. The van der Waals surface area contributed by atoms with Crippen molar-refractivity contribution in [3.8, 4) is 0 Å². The third-order valence-electron chi connectivity index (χ3n) is 8.46. The maximum atomic E-state index is 14.1. The molecule has 50 heavy (non-hydrogen) atoms. The van der Waals surface area contributed by atoms with Gasteiger partial charge in [0.15, 0.2) is 4.90 Å². The number of allylic oxidation sites excluding steroid dienone is 2. The maximum absolute atomic E-state index is 14.1. The van der Waals surface area contributed by atoms with Crippen molar-refractivity contribution in [2.24, 2.45) is 17.6 Å². The number of nitro benzene ring substituents is 1. The van der Waals surface area contributed by atoms with Gasteiger partial charge in [0.1, 0.15) is 17.7 Å². The van der Waals surface area contributed by atoms with Gasteiger partial charge in [-0.15, -0.1) is 0 Å². The lowest BCUT2D eigenvalue weighted by molar-refractivity contribution is -0.387. The van der Waals surface area contributed by atoms with Crippen LogP contribution in [0.2, 0.25) is 0 Å². The molecular formula is C31H44N6O11S2. The number of nitrogens with one attached hydrogen (secondary N) is 2. The van der Waals surface area contributed by atoms with E-state index < -0.39 is 94.8 Å². The van der Waals surface area contributed by atoms with E-state index in [9.17, 15) is 46.1 Å². The number of primary amides is 1. The largest absolute Gasteiger partial charge is 0.444 e. The molecule has 19 heteroatoms. The number of nitrogens with two attached hydrogens (primary N) is 1. The molecule has 3 aliphatic rings. The molecule has 4 N–H and O–H groups in total. The van der Waals surface area contributed by atoms with Crippen LogP contribution in [0.1, 0.15) is 65.7 Å². The Hall–Kier alpha value is -4.10. The Morgan fingerprint density at radius 1 is 1.14 bits per heavy atom. The van der Waals surface area contributed by atoms with Crippen LogP contribution in [0, 0.1) is 22.0 Å². The first-order chi connectivity index (χ1) is 23.3. The lowest BCUT2D eigenvalue weighted by atomic mass is 10.1. The summed E-state index contributed by atoms with van der Waals surface area (Å²) in [4.78, 5) is 62.7. The maximum Gasteiger partial charge on any atom is 0.408 e. The van der Waals surface area contributed by atoms with Gasteiger partial charge < -0.3 is 20.7 Å². The molecule has 0 radical (unpaired) electrons. The molecule has 4 atom stereocenters. The number of benzene rings is 1. The van der Waals surface area contributed by atoms with E-state index in [1.54, 1.807) is 32.9 Å². The number of ether oxygens (including phenoxy) is 1. The number of carbonyl (C=O) groups excluding carboxylic acids is 4. The Bertz CT molecular complexity index is 1740. The minimum atomic E-state index is -4.66. The van der Waals surface area contributed by atoms with Crippen LogP contribution in [0.25, 0.3) is 0 Å². The molecule has 0 spiro atoms. The van der Waals surface area contributed by atoms with E-state index in [1.165, 1.54) is 17.0 Å². The fourth-order valence-electron chi connectivity index (χ4n) is 5.70. The number of unbranched alkanes of at least 4 members (excludes halogenated alkanes) is 1. The van der Waals surface area contributed by atoms with Crippen LogP contribution in [-0.4, -0.2) is 97.3 Å². The minimum Gasteiger partial charge on any atom is -0.444 e. The number of hydrogen-bond acceptors (Lipinski definition) is 11. The first kappa shape index (κ1) is 38.7. The average Bonchev–Trinajstić information content (AvgIpc) is 3.95. The quantitative estimate of drug-likeness (QED) is 0.0949. The van der Waals surface area contributed by atoms with Crippen LogP contribution in [0.5, 0.6) is 0 Å². The molecular weight excluding hydrogens is 697 g/mol. The summed E-state index contributed by atoms with van der Waals surface area (Å²) in [6.07, 6.45) is 5.16. The first-order valence-electron chi connectivity index (χ1n) is 16.4. The SMILES string of the molecule is CC(C)(C)OC(=O)N[C@@H](CN(CCC/C=C\[C@@H]1C[C@@H]1C(=O)NS(=O)(=O)C1CC1)S(=O)(=O)c1ccccc1[N+](=O)[O-])C(=O)N1CCCC1C(N)=O. The highest BCUT2D eigenvalue weighted by molar-refractivity contribution is 7.91. The number of para-hydroxylation sites is 1. The van der Waals surface area contributed by atoms with E-state index >= 15 is 0 Å². The number of hydrogen-bond donors (Lipinski definition) is 3. The standard InChI is InChI=1S/C31H44N6O11S2/c1-31(2,3)48-30(41)33-23(29(40)36-17-9-12-25(36)27(32)38)19-35(50(46,47)26-13-7-6-11-24(26)37(42)43)16-8-4-5-10-20-18-22(20)28(39)34-49(44,45)21-14-15-21/h5-7,10-11,13,20-23,25H,4,8-9,12,14-19H2,1-3H3,(H2,32,38)(H,33,41)(H,34,39)/b10-5-/t20-,22+,23+,25?/m1/s1.